The van der Waals surface area contributed by atoms with Gasteiger partial charge in [0.2, 0.25) is 0 Å². The molecule has 0 unspecified atom stereocenters. The zero-order valence-corrected chi connectivity index (χ0v) is 9.55. The van der Waals surface area contributed by atoms with Gasteiger partial charge in [-0.05, 0) is 25.8 Å². The number of aromatic nitrogens is 2. The van der Waals surface area contributed by atoms with Crippen LogP contribution in [0.5, 0.6) is 0 Å². The Morgan fingerprint density at radius 2 is 2.07 bits per heavy atom. The number of aromatic amines is 1. The molecule has 1 heterocycles. The highest BCUT2D eigenvalue weighted by Gasteiger charge is 2.11. The Morgan fingerprint density at radius 1 is 1.33 bits per heavy atom. The van der Waals surface area contributed by atoms with E-state index >= 15 is 0 Å². The van der Waals surface area contributed by atoms with Crippen LogP contribution in [-0.4, -0.2) is 16.2 Å². The second-order valence-corrected chi connectivity index (χ2v) is 4.61. The van der Waals surface area contributed by atoms with Gasteiger partial charge in [0.05, 0.1) is 5.69 Å². The zero-order chi connectivity index (χ0) is 10.5. The van der Waals surface area contributed by atoms with Crippen LogP contribution in [0.3, 0.4) is 0 Å². The summed E-state index contributed by atoms with van der Waals surface area (Å²) in [5.74, 6) is 0. The lowest BCUT2D eigenvalue weighted by atomic mass is 10.1. The third kappa shape index (κ3) is 3.34. The molecule has 0 aliphatic heterocycles. The second-order valence-electron chi connectivity index (χ2n) is 4.61. The van der Waals surface area contributed by atoms with E-state index < -0.39 is 0 Å². The molecule has 1 aliphatic rings. The zero-order valence-electron chi connectivity index (χ0n) is 9.55. The Morgan fingerprint density at radius 3 is 2.67 bits per heavy atom. The number of hydrogen-bond acceptors (Lipinski definition) is 2. The maximum Gasteiger partial charge on any atom is 0.0762 e. The molecule has 0 saturated heterocycles. The molecule has 1 aliphatic carbocycles. The SMILES string of the molecule is Cc1cc(CNC2CCCCCC2)n[nH]1. The van der Waals surface area contributed by atoms with Crippen LogP contribution < -0.4 is 5.32 Å². The van der Waals surface area contributed by atoms with Crippen molar-refractivity contribution in [3.8, 4) is 0 Å². The fourth-order valence-corrected chi connectivity index (χ4v) is 2.30. The lowest BCUT2D eigenvalue weighted by molar-refractivity contribution is 0.456. The smallest absolute Gasteiger partial charge is 0.0762 e. The van der Waals surface area contributed by atoms with Gasteiger partial charge < -0.3 is 5.32 Å². The van der Waals surface area contributed by atoms with Gasteiger partial charge in [-0.25, -0.2) is 0 Å². The summed E-state index contributed by atoms with van der Waals surface area (Å²) < 4.78 is 0. The molecule has 2 rings (SSSR count). The predicted octanol–water partition coefficient (Wildman–Crippen LogP) is 2.53. The van der Waals surface area contributed by atoms with E-state index in [2.05, 4.69) is 21.6 Å². The van der Waals surface area contributed by atoms with Gasteiger partial charge in [0.15, 0.2) is 0 Å². The molecule has 84 valence electrons. The van der Waals surface area contributed by atoms with Crippen molar-refractivity contribution in [2.75, 3.05) is 0 Å². The van der Waals surface area contributed by atoms with Gasteiger partial charge in [0.1, 0.15) is 0 Å². The van der Waals surface area contributed by atoms with Gasteiger partial charge in [-0.2, -0.15) is 5.10 Å². The highest BCUT2D eigenvalue weighted by atomic mass is 15.1. The lowest BCUT2D eigenvalue weighted by Crippen LogP contribution is -2.27. The van der Waals surface area contributed by atoms with Crippen molar-refractivity contribution in [3.05, 3.63) is 17.5 Å². The van der Waals surface area contributed by atoms with Crippen LogP contribution in [0.2, 0.25) is 0 Å². The van der Waals surface area contributed by atoms with E-state index in [9.17, 15) is 0 Å². The fourth-order valence-electron chi connectivity index (χ4n) is 2.30. The van der Waals surface area contributed by atoms with Crippen molar-refractivity contribution >= 4 is 0 Å². The standard InChI is InChI=1S/C12H21N3/c1-10-8-12(15-14-10)9-13-11-6-4-2-3-5-7-11/h8,11,13H,2-7,9H2,1H3,(H,14,15). The summed E-state index contributed by atoms with van der Waals surface area (Å²) in [5.41, 5.74) is 2.28. The van der Waals surface area contributed by atoms with Crippen LogP contribution in [-0.2, 0) is 6.54 Å². The number of rotatable bonds is 3. The number of hydrogen-bond donors (Lipinski definition) is 2. The molecule has 3 nitrogen and oxygen atoms in total. The van der Waals surface area contributed by atoms with E-state index in [1.165, 1.54) is 38.5 Å². The van der Waals surface area contributed by atoms with Crippen LogP contribution in [0, 0.1) is 6.92 Å². The molecule has 0 bridgehead atoms. The van der Waals surface area contributed by atoms with E-state index in [0.717, 1.165) is 17.9 Å². The van der Waals surface area contributed by atoms with Crippen molar-refractivity contribution in [1.82, 2.24) is 15.5 Å². The van der Waals surface area contributed by atoms with Crippen LogP contribution in [0.25, 0.3) is 0 Å². The first kappa shape index (κ1) is 10.7. The van der Waals surface area contributed by atoms with Crippen molar-refractivity contribution in [2.45, 2.75) is 58.0 Å². The molecule has 1 aromatic rings. The third-order valence-corrected chi connectivity index (χ3v) is 3.19. The number of H-pyrrole nitrogens is 1. The van der Waals surface area contributed by atoms with E-state index in [1.54, 1.807) is 0 Å². The first-order chi connectivity index (χ1) is 7.34. The molecule has 0 radical (unpaired) electrons. The normalized spacial score (nSPS) is 19.0. The minimum Gasteiger partial charge on any atom is -0.308 e. The monoisotopic (exact) mass is 207 g/mol. The summed E-state index contributed by atoms with van der Waals surface area (Å²) in [4.78, 5) is 0. The molecule has 0 atom stereocenters. The Labute approximate surface area is 91.7 Å². The van der Waals surface area contributed by atoms with Gasteiger partial charge in [-0.3, -0.25) is 5.10 Å². The predicted molar refractivity (Wildman–Crippen MR) is 61.7 cm³/mol. The molecular weight excluding hydrogens is 186 g/mol. The van der Waals surface area contributed by atoms with Gasteiger partial charge in [-0.15, -0.1) is 0 Å². The first-order valence-electron chi connectivity index (χ1n) is 6.09. The average Bonchev–Trinajstić information content (AvgIpc) is 2.52. The fraction of sp³-hybridized carbons (Fsp3) is 0.750. The van der Waals surface area contributed by atoms with Crippen LogP contribution in [0.15, 0.2) is 6.07 Å². The molecule has 1 saturated carbocycles. The quantitative estimate of drug-likeness (QED) is 0.748. The molecule has 1 fully saturated rings. The van der Waals surface area contributed by atoms with Gasteiger partial charge in [0.25, 0.3) is 0 Å². The minimum absolute atomic E-state index is 0.713. The summed E-state index contributed by atoms with van der Waals surface area (Å²) in [6.45, 7) is 2.96. The van der Waals surface area contributed by atoms with E-state index in [0.29, 0.717) is 6.04 Å². The average molecular weight is 207 g/mol. The molecule has 15 heavy (non-hydrogen) atoms. The number of nitrogens with zero attached hydrogens (tertiary/aromatic N) is 1. The highest BCUT2D eigenvalue weighted by molar-refractivity contribution is 5.06. The maximum absolute atomic E-state index is 4.24. The maximum atomic E-state index is 4.24. The molecule has 0 amide bonds. The number of nitrogens with one attached hydrogen (secondary N) is 2. The number of aryl methyl sites for hydroxylation is 1. The molecular formula is C12H21N3. The summed E-state index contributed by atoms with van der Waals surface area (Å²) in [6.07, 6.45) is 8.28. The Hall–Kier alpha value is -0.830. The van der Waals surface area contributed by atoms with Crippen LogP contribution in [0.1, 0.15) is 49.9 Å². The summed E-state index contributed by atoms with van der Waals surface area (Å²) in [5, 5.41) is 10.8. The van der Waals surface area contributed by atoms with Crippen molar-refractivity contribution in [1.29, 1.82) is 0 Å². The van der Waals surface area contributed by atoms with Crippen molar-refractivity contribution in [3.63, 3.8) is 0 Å². The second kappa shape index (κ2) is 5.31. The van der Waals surface area contributed by atoms with Gasteiger partial charge in [0, 0.05) is 18.3 Å². The van der Waals surface area contributed by atoms with Gasteiger partial charge >= 0.3 is 0 Å². The van der Waals surface area contributed by atoms with Crippen LogP contribution in [0.4, 0.5) is 0 Å². The summed E-state index contributed by atoms with van der Waals surface area (Å²) in [6, 6.07) is 2.83. The Kier molecular flexibility index (Phi) is 3.78. The Balaban J connectivity index is 1.76. The molecule has 1 aromatic heterocycles. The van der Waals surface area contributed by atoms with Crippen LogP contribution >= 0.6 is 0 Å². The highest BCUT2D eigenvalue weighted by Crippen LogP contribution is 2.17. The van der Waals surface area contributed by atoms with Crippen molar-refractivity contribution in [2.24, 2.45) is 0 Å². The molecule has 3 heteroatoms. The largest absolute Gasteiger partial charge is 0.308 e. The molecule has 0 spiro atoms. The van der Waals surface area contributed by atoms with Gasteiger partial charge in [-0.1, -0.05) is 25.7 Å². The summed E-state index contributed by atoms with van der Waals surface area (Å²) in [7, 11) is 0. The van der Waals surface area contributed by atoms with E-state index in [1.807, 2.05) is 6.92 Å². The van der Waals surface area contributed by atoms with E-state index in [-0.39, 0.29) is 0 Å². The topological polar surface area (TPSA) is 40.7 Å². The Bertz CT molecular complexity index is 285. The third-order valence-electron chi connectivity index (χ3n) is 3.19. The lowest BCUT2D eigenvalue weighted by Gasteiger charge is -2.14. The summed E-state index contributed by atoms with van der Waals surface area (Å²) >= 11 is 0. The molecule has 0 aromatic carbocycles. The first-order valence-corrected chi connectivity index (χ1v) is 6.09. The molecule has 2 N–H and O–H groups in total. The van der Waals surface area contributed by atoms with E-state index in [4.69, 9.17) is 0 Å². The minimum atomic E-state index is 0.713. The van der Waals surface area contributed by atoms with Crippen molar-refractivity contribution < 1.29 is 0 Å².